The lowest BCUT2D eigenvalue weighted by Crippen LogP contribution is -2.51. The fourth-order valence-corrected chi connectivity index (χ4v) is 5.49. The van der Waals surface area contributed by atoms with Gasteiger partial charge in [0.05, 0.1) is 18.6 Å². The summed E-state index contributed by atoms with van der Waals surface area (Å²) < 4.78 is 37.9. The van der Waals surface area contributed by atoms with E-state index in [1.807, 2.05) is 6.92 Å². The minimum absolute atomic E-state index is 0.146. The van der Waals surface area contributed by atoms with Crippen LogP contribution in [0.5, 0.6) is 5.75 Å². The molecule has 0 spiro atoms. The maximum Gasteiger partial charge on any atom is 0.328 e. The number of nitrogens with zero attached hydrogens (tertiary/aromatic N) is 1. The molecule has 2 atom stereocenters. The highest BCUT2D eigenvalue weighted by molar-refractivity contribution is 7.89. The van der Waals surface area contributed by atoms with Gasteiger partial charge in [0, 0.05) is 13.0 Å². The number of nitrogens with one attached hydrogen (secondary N) is 1. The summed E-state index contributed by atoms with van der Waals surface area (Å²) in [6.45, 7) is 3.99. The van der Waals surface area contributed by atoms with Crippen LogP contribution in [-0.4, -0.2) is 56.9 Å². The van der Waals surface area contributed by atoms with Gasteiger partial charge in [0.25, 0.3) is 0 Å². The number of aryl methyl sites for hydroxylation is 1. The van der Waals surface area contributed by atoms with E-state index in [1.165, 1.54) is 4.31 Å². The Morgan fingerprint density at radius 2 is 1.79 bits per heavy atom. The standard InChI is InChI=1S/C24H30N2O6S/c1-4-32-24(28)21(16-18-9-11-19(31-3)12-10-18)25-23(27)22-6-5-15-26(22)33(29,30)20-13-7-17(2)8-14-20/h7-14,21-22H,4-6,15-16H2,1-3H3,(H,25,27)/t21-,22-/m0/s1. The quantitative estimate of drug-likeness (QED) is 0.560. The number of sulfonamides is 1. The molecule has 0 radical (unpaired) electrons. The van der Waals surface area contributed by atoms with E-state index in [9.17, 15) is 18.0 Å². The van der Waals surface area contributed by atoms with Gasteiger partial charge in [-0.3, -0.25) is 4.79 Å². The summed E-state index contributed by atoms with van der Waals surface area (Å²) in [5.74, 6) is -0.388. The van der Waals surface area contributed by atoms with Gasteiger partial charge in [0.1, 0.15) is 17.8 Å². The highest BCUT2D eigenvalue weighted by Gasteiger charge is 2.40. The van der Waals surface area contributed by atoms with Crippen LogP contribution in [0.25, 0.3) is 0 Å². The van der Waals surface area contributed by atoms with Crippen LogP contribution in [0.15, 0.2) is 53.4 Å². The van der Waals surface area contributed by atoms with Crippen molar-refractivity contribution >= 4 is 21.9 Å². The second kappa shape index (κ2) is 10.8. The summed E-state index contributed by atoms with van der Waals surface area (Å²) in [6.07, 6.45) is 1.16. The molecule has 0 aliphatic carbocycles. The van der Waals surface area contributed by atoms with Gasteiger partial charge < -0.3 is 14.8 Å². The lowest BCUT2D eigenvalue weighted by atomic mass is 10.0. The van der Waals surface area contributed by atoms with Crippen molar-refractivity contribution in [1.29, 1.82) is 0 Å². The Morgan fingerprint density at radius 1 is 1.12 bits per heavy atom. The van der Waals surface area contributed by atoms with Gasteiger partial charge in [-0.05, 0) is 56.5 Å². The van der Waals surface area contributed by atoms with Crippen LogP contribution >= 0.6 is 0 Å². The Bertz CT molecular complexity index is 1070. The molecule has 0 bridgehead atoms. The molecule has 1 heterocycles. The molecule has 1 fully saturated rings. The predicted molar refractivity (Wildman–Crippen MR) is 123 cm³/mol. The number of benzene rings is 2. The average Bonchev–Trinajstić information content (AvgIpc) is 3.31. The Balaban J connectivity index is 1.78. The summed E-state index contributed by atoms with van der Waals surface area (Å²) in [5, 5.41) is 2.73. The van der Waals surface area contributed by atoms with E-state index in [-0.39, 0.29) is 24.5 Å². The number of esters is 1. The maximum atomic E-state index is 13.2. The molecular formula is C24H30N2O6S. The van der Waals surface area contributed by atoms with Crippen molar-refractivity contribution in [3.8, 4) is 5.75 Å². The van der Waals surface area contributed by atoms with Crippen LogP contribution in [0.1, 0.15) is 30.9 Å². The van der Waals surface area contributed by atoms with Crippen LogP contribution in [0, 0.1) is 6.92 Å². The topological polar surface area (TPSA) is 102 Å². The van der Waals surface area contributed by atoms with E-state index in [1.54, 1.807) is 62.6 Å². The fraction of sp³-hybridized carbons (Fsp3) is 0.417. The zero-order valence-corrected chi connectivity index (χ0v) is 19.9. The second-order valence-electron chi connectivity index (χ2n) is 7.95. The number of hydrogen-bond acceptors (Lipinski definition) is 6. The Labute approximate surface area is 194 Å². The summed E-state index contributed by atoms with van der Waals surface area (Å²) in [7, 11) is -2.28. The second-order valence-corrected chi connectivity index (χ2v) is 9.84. The van der Waals surface area contributed by atoms with E-state index in [4.69, 9.17) is 9.47 Å². The molecule has 2 aromatic rings. The molecular weight excluding hydrogens is 444 g/mol. The van der Waals surface area contributed by atoms with Gasteiger partial charge in [0.15, 0.2) is 0 Å². The largest absolute Gasteiger partial charge is 0.497 e. The molecule has 1 N–H and O–H groups in total. The zero-order valence-electron chi connectivity index (χ0n) is 19.1. The molecule has 1 amide bonds. The molecule has 2 aromatic carbocycles. The summed E-state index contributed by atoms with van der Waals surface area (Å²) in [5.41, 5.74) is 1.75. The van der Waals surface area contributed by atoms with Crippen molar-refractivity contribution < 1.29 is 27.5 Å². The first kappa shape index (κ1) is 24.7. The number of ether oxygens (including phenoxy) is 2. The van der Waals surface area contributed by atoms with E-state index < -0.39 is 34.0 Å². The normalized spacial score (nSPS) is 17.4. The third kappa shape index (κ3) is 5.91. The molecule has 1 aliphatic heterocycles. The third-order valence-corrected chi connectivity index (χ3v) is 7.54. The number of amides is 1. The fourth-order valence-electron chi connectivity index (χ4n) is 3.84. The highest BCUT2D eigenvalue weighted by atomic mass is 32.2. The summed E-state index contributed by atoms with van der Waals surface area (Å²) in [6, 6.07) is 11.9. The molecule has 1 saturated heterocycles. The number of carbonyl (C=O) groups excluding carboxylic acids is 2. The lowest BCUT2D eigenvalue weighted by molar-refractivity contribution is -0.147. The molecule has 178 valence electrons. The highest BCUT2D eigenvalue weighted by Crippen LogP contribution is 2.26. The van der Waals surface area contributed by atoms with Crippen molar-refractivity contribution in [3.63, 3.8) is 0 Å². The van der Waals surface area contributed by atoms with Gasteiger partial charge in [-0.1, -0.05) is 29.8 Å². The SMILES string of the molecule is CCOC(=O)[C@H](Cc1ccc(OC)cc1)NC(=O)[C@@H]1CCCN1S(=O)(=O)c1ccc(C)cc1. The molecule has 0 unspecified atom stereocenters. The smallest absolute Gasteiger partial charge is 0.328 e. The first-order chi connectivity index (χ1) is 15.8. The van der Waals surface area contributed by atoms with Crippen LogP contribution < -0.4 is 10.1 Å². The first-order valence-electron chi connectivity index (χ1n) is 10.9. The van der Waals surface area contributed by atoms with Crippen LogP contribution in [0.2, 0.25) is 0 Å². The Kier molecular flexibility index (Phi) is 8.10. The molecule has 1 aliphatic rings. The van der Waals surface area contributed by atoms with Crippen molar-refractivity contribution in [1.82, 2.24) is 9.62 Å². The van der Waals surface area contributed by atoms with Gasteiger partial charge in [-0.25, -0.2) is 13.2 Å². The summed E-state index contributed by atoms with van der Waals surface area (Å²) >= 11 is 0. The lowest BCUT2D eigenvalue weighted by Gasteiger charge is -2.25. The molecule has 33 heavy (non-hydrogen) atoms. The predicted octanol–water partition coefficient (Wildman–Crippen LogP) is 2.45. The molecule has 0 saturated carbocycles. The van der Waals surface area contributed by atoms with E-state index >= 15 is 0 Å². The average molecular weight is 475 g/mol. The zero-order chi connectivity index (χ0) is 24.0. The van der Waals surface area contributed by atoms with E-state index in [2.05, 4.69) is 5.32 Å². The van der Waals surface area contributed by atoms with Gasteiger partial charge in [-0.15, -0.1) is 0 Å². The Morgan fingerprint density at radius 3 is 2.39 bits per heavy atom. The monoisotopic (exact) mass is 474 g/mol. The van der Waals surface area contributed by atoms with Crippen LogP contribution in [-0.2, 0) is 30.8 Å². The molecule has 8 nitrogen and oxygen atoms in total. The molecule has 3 rings (SSSR count). The number of methoxy groups -OCH3 is 1. The van der Waals surface area contributed by atoms with E-state index in [0.717, 1.165) is 11.1 Å². The van der Waals surface area contributed by atoms with Crippen molar-refractivity contribution in [3.05, 3.63) is 59.7 Å². The summed E-state index contributed by atoms with van der Waals surface area (Å²) in [4.78, 5) is 25.9. The minimum Gasteiger partial charge on any atom is -0.497 e. The molecule has 0 aromatic heterocycles. The molecule has 9 heteroatoms. The van der Waals surface area contributed by atoms with E-state index in [0.29, 0.717) is 18.6 Å². The van der Waals surface area contributed by atoms with Gasteiger partial charge in [0.2, 0.25) is 15.9 Å². The van der Waals surface area contributed by atoms with Crippen LogP contribution in [0.3, 0.4) is 0 Å². The third-order valence-electron chi connectivity index (χ3n) is 5.62. The number of rotatable bonds is 9. The van der Waals surface area contributed by atoms with Crippen LogP contribution in [0.4, 0.5) is 0 Å². The maximum absolute atomic E-state index is 13.2. The van der Waals surface area contributed by atoms with Crippen molar-refractivity contribution in [2.75, 3.05) is 20.3 Å². The van der Waals surface area contributed by atoms with Gasteiger partial charge >= 0.3 is 5.97 Å². The van der Waals surface area contributed by atoms with Gasteiger partial charge in [-0.2, -0.15) is 4.31 Å². The number of carbonyl (C=O) groups is 2. The van der Waals surface area contributed by atoms with Crippen molar-refractivity contribution in [2.45, 2.75) is 50.1 Å². The first-order valence-corrected chi connectivity index (χ1v) is 12.4. The number of hydrogen-bond donors (Lipinski definition) is 1. The minimum atomic E-state index is -3.84. The Hall–Kier alpha value is -2.91. The van der Waals surface area contributed by atoms with Crippen molar-refractivity contribution in [2.24, 2.45) is 0 Å².